The van der Waals surface area contributed by atoms with E-state index < -0.39 is 0 Å². The lowest BCUT2D eigenvalue weighted by molar-refractivity contribution is 0.103. The lowest BCUT2D eigenvalue weighted by Crippen LogP contribution is -2.11. The van der Waals surface area contributed by atoms with Crippen molar-refractivity contribution in [3.63, 3.8) is 0 Å². The Labute approximate surface area is 157 Å². The highest BCUT2D eigenvalue weighted by Crippen LogP contribution is 2.28. The second-order valence-corrected chi connectivity index (χ2v) is 7.48. The molecule has 5 heteroatoms. The van der Waals surface area contributed by atoms with Crippen LogP contribution in [0.3, 0.4) is 0 Å². The molecular formula is C21H22N2O2S. The minimum absolute atomic E-state index is 0.141. The minimum Gasteiger partial charge on any atom is -0.493 e. The molecule has 0 unspecified atom stereocenters. The molecule has 4 nitrogen and oxygen atoms in total. The van der Waals surface area contributed by atoms with E-state index in [0.717, 1.165) is 27.7 Å². The molecule has 0 aliphatic carbocycles. The van der Waals surface area contributed by atoms with Crippen LogP contribution in [-0.2, 0) is 0 Å². The van der Waals surface area contributed by atoms with E-state index in [1.165, 1.54) is 11.3 Å². The van der Waals surface area contributed by atoms with Gasteiger partial charge >= 0.3 is 0 Å². The average Bonchev–Trinajstić information content (AvgIpc) is 3.04. The van der Waals surface area contributed by atoms with Gasteiger partial charge in [-0.25, -0.2) is 4.98 Å². The zero-order valence-electron chi connectivity index (χ0n) is 15.2. The van der Waals surface area contributed by atoms with Crippen molar-refractivity contribution < 1.29 is 9.53 Å². The van der Waals surface area contributed by atoms with E-state index in [2.05, 4.69) is 24.1 Å². The first-order valence-corrected chi connectivity index (χ1v) is 9.41. The molecule has 0 fully saturated rings. The van der Waals surface area contributed by atoms with Crippen LogP contribution >= 0.6 is 11.3 Å². The molecule has 0 aliphatic heterocycles. The molecule has 26 heavy (non-hydrogen) atoms. The van der Waals surface area contributed by atoms with Gasteiger partial charge in [0.1, 0.15) is 15.6 Å². The first kappa shape index (κ1) is 18.1. The van der Waals surface area contributed by atoms with Crippen LogP contribution in [0.4, 0.5) is 5.69 Å². The number of thiazole rings is 1. The summed E-state index contributed by atoms with van der Waals surface area (Å²) in [4.78, 5) is 17.8. The van der Waals surface area contributed by atoms with Crippen molar-refractivity contribution in [3.8, 4) is 16.3 Å². The summed E-state index contributed by atoms with van der Waals surface area (Å²) in [6, 6.07) is 17.3. The zero-order chi connectivity index (χ0) is 18.5. The number of anilines is 1. The number of carbonyl (C=O) groups is 1. The smallest absolute Gasteiger partial charge is 0.267 e. The van der Waals surface area contributed by atoms with Crippen LogP contribution in [0.5, 0.6) is 5.75 Å². The van der Waals surface area contributed by atoms with Gasteiger partial charge in [0.2, 0.25) is 0 Å². The molecule has 0 bridgehead atoms. The van der Waals surface area contributed by atoms with Gasteiger partial charge in [0.05, 0.1) is 12.3 Å². The maximum Gasteiger partial charge on any atom is 0.267 e. The number of nitrogens with zero attached hydrogens (tertiary/aromatic N) is 1. The van der Waals surface area contributed by atoms with E-state index in [1.807, 2.05) is 61.5 Å². The molecule has 0 saturated carbocycles. The van der Waals surface area contributed by atoms with Gasteiger partial charge in [0, 0.05) is 11.3 Å². The van der Waals surface area contributed by atoms with E-state index in [0.29, 0.717) is 17.4 Å². The van der Waals surface area contributed by atoms with Gasteiger partial charge in [-0.05, 0) is 37.1 Å². The number of benzene rings is 2. The highest BCUT2D eigenvalue weighted by atomic mass is 32.1. The van der Waals surface area contributed by atoms with Crippen LogP contribution < -0.4 is 10.1 Å². The molecule has 3 aromatic rings. The van der Waals surface area contributed by atoms with Crippen molar-refractivity contribution in [1.82, 2.24) is 4.98 Å². The predicted molar refractivity (Wildman–Crippen MR) is 107 cm³/mol. The predicted octanol–water partition coefficient (Wildman–Crippen LogP) is 5.41. The van der Waals surface area contributed by atoms with Gasteiger partial charge in [-0.1, -0.05) is 44.2 Å². The Kier molecular flexibility index (Phi) is 5.68. The lowest BCUT2D eigenvalue weighted by Gasteiger charge is -2.09. The first-order chi connectivity index (χ1) is 12.5. The van der Waals surface area contributed by atoms with Crippen LogP contribution in [0.15, 0.2) is 54.6 Å². The number of amides is 1. The number of aryl methyl sites for hydroxylation is 1. The van der Waals surface area contributed by atoms with Crippen LogP contribution in [0.25, 0.3) is 10.6 Å². The average molecular weight is 366 g/mol. The van der Waals surface area contributed by atoms with Crippen molar-refractivity contribution in [3.05, 3.63) is 65.2 Å². The van der Waals surface area contributed by atoms with E-state index in [4.69, 9.17) is 4.74 Å². The van der Waals surface area contributed by atoms with Crippen molar-refractivity contribution in [2.75, 3.05) is 11.9 Å². The van der Waals surface area contributed by atoms with E-state index >= 15 is 0 Å². The summed E-state index contributed by atoms with van der Waals surface area (Å²) < 4.78 is 5.66. The monoisotopic (exact) mass is 366 g/mol. The summed E-state index contributed by atoms with van der Waals surface area (Å²) in [6.45, 7) is 6.75. The van der Waals surface area contributed by atoms with E-state index in [1.54, 1.807) is 0 Å². The Morgan fingerprint density at radius 2 is 1.81 bits per heavy atom. The van der Waals surface area contributed by atoms with Gasteiger partial charge in [0.15, 0.2) is 0 Å². The number of hydrogen-bond donors (Lipinski definition) is 1. The normalized spacial score (nSPS) is 10.8. The molecule has 0 spiro atoms. The summed E-state index contributed by atoms with van der Waals surface area (Å²) in [5.41, 5.74) is 2.50. The second kappa shape index (κ2) is 8.15. The third-order valence-electron chi connectivity index (χ3n) is 3.72. The number of hydrogen-bond acceptors (Lipinski definition) is 4. The topological polar surface area (TPSA) is 51.2 Å². The lowest BCUT2D eigenvalue weighted by atomic mass is 10.2. The van der Waals surface area contributed by atoms with E-state index in [9.17, 15) is 4.79 Å². The summed E-state index contributed by atoms with van der Waals surface area (Å²) in [5, 5.41) is 3.78. The molecule has 134 valence electrons. The molecule has 1 amide bonds. The maximum atomic E-state index is 12.6. The minimum atomic E-state index is -0.141. The molecule has 1 N–H and O–H groups in total. The second-order valence-electron chi connectivity index (χ2n) is 6.48. The standard InChI is InChI=1S/C21H22N2O2S/c1-14(2)13-25-18-11-9-17(10-12-18)23-20(24)19-15(3)22-21(26-19)16-7-5-4-6-8-16/h4-12,14H,13H2,1-3H3,(H,23,24). The molecule has 0 atom stereocenters. The fraction of sp³-hybridized carbons (Fsp3) is 0.238. The number of nitrogens with one attached hydrogen (secondary N) is 1. The third-order valence-corrected chi connectivity index (χ3v) is 4.92. The molecule has 0 saturated heterocycles. The van der Waals surface area contributed by atoms with Crippen LogP contribution in [0.1, 0.15) is 29.2 Å². The van der Waals surface area contributed by atoms with Gasteiger partial charge < -0.3 is 10.1 Å². The molecule has 0 radical (unpaired) electrons. The Balaban J connectivity index is 1.69. The molecular weight excluding hydrogens is 344 g/mol. The molecule has 2 aromatic carbocycles. The van der Waals surface area contributed by atoms with Crippen molar-refractivity contribution in [2.45, 2.75) is 20.8 Å². The quantitative estimate of drug-likeness (QED) is 0.635. The highest BCUT2D eigenvalue weighted by molar-refractivity contribution is 7.17. The summed E-state index contributed by atoms with van der Waals surface area (Å²) in [5.74, 6) is 1.14. The Morgan fingerprint density at radius 1 is 1.12 bits per heavy atom. The van der Waals surface area contributed by atoms with Crippen LogP contribution in [0.2, 0.25) is 0 Å². The van der Waals surface area contributed by atoms with Crippen LogP contribution in [0, 0.1) is 12.8 Å². The SMILES string of the molecule is Cc1nc(-c2ccccc2)sc1C(=O)Nc1ccc(OCC(C)C)cc1. The van der Waals surface area contributed by atoms with Crippen molar-refractivity contribution >= 4 is 22.9 Å². The van der Waals surface area contributed by atoms with E-state index in [-0.39, 0.29) is 5.91 Å². The molecule has 0 aliphatic rings. The molecule has 1 aromatic heterocycles. The number of carbonyl (C=O) groups excluding carboxylic acids is 1. The Hall–Kier alpha value is -2.66. The zero-order valence-corrected chi connectivity index (χ0v) is 16.0. The Bertz CT molecular complexity index is 871. The van der Waals surface area contributed by atoms with Gasteiger partial charge in [-0.3, -0.25) is 4.79 Å². The van der Waals surface area contributed by atoms with Crippen molar-refractivity contribution in [1.29, 1.82) is 0 Å². The summed E-state index contributed by atoms with van der Waals surface area (Å²) in [7, 11) is 0. The fourth-order valence-electron chi connectivity index (χ4n) is 2.40. The van der Waals surface area contributed by atoms with Gasteiger partial charge in [0.25, 0.3) is 5.91 Å². The fourth-order valence-corrected chi connectivity index (χ4v) is 3.36. The summed E-state index contributed by atoms with van der Waals surface area (Å²) >= 11 is 1.41. The van der Waals surface area contributed by atoms with Gasteiger partial charge in [-0.15, -0.1) is 11.3 Å². The summed E-state index contributed by atoms with van der Waals surface area (Å²) in [6.07, 6.45) is 0. The number of rotatable bonds is 6. The third kappa shape index (κ3) is 4.49. The Morgan fingerprint density at radius 3 is 2.46 bits per heavy atom. The number of ether oxygens (including phenoxy) is 1. The van der Waals surface area contributed by atoms with Crippen molar-refractivity contribution in [2.24, 2.45) is 5.92 Å². The maximum absolute atomic E-state index is 12.6. The highest BCUT2D eigenvalue weighted by Gasteiger charge is 2.16. The number of aromatic nitrogens is 1. The van der Waals surface area contributed by atoms with Crippen LogP contribution in [-0.4, -0.2) is 17.5 Å². The largest absolute Gasteiger partial charge is 0.493 e. The molecule has 1 heterocycles. The first-order valence-electron chi connectivity index (χ1n) is 8.60. The van der Waals surface area contributed by atoms with Gasteiger partial charge in [-0.2, -0.15) is 0 Å². The molecule has 3 rings (SSSR count).